The van der Waals surface area contributed by atoms with Crippen LogP contribution < -0.4 is 14.8 Å². The fourth-order valence-corrected chi connectivity index (χ4v) is 2.58. The van der Waals surface area contributed by atoms with Gasteiger partial charge in [-0.1, -0.05) is 42.5 Å². The van der Waals surface area contributed by atoms with Crippen molar-refractivity contribution in [2.75, 3.05) is 19.0 Å². The molecule has 3 aromatic carbocycles. The van der Waals surface area contributed by atoms with Crippen molar-refractivity contribution in [1.29, 1.82) is 0 Å². The van der Waals surface area contributed by atoms with E-state index >= 15 is 0 Å². The lowest BCUT2D eigenvalue weighted by molar-refractivity contribution is 0.102. The van der Waals surface area contributed by atoms with E-state index in [1.165, 1.54) is 5.56 Å². The highest BCUT2D eigenvalue weighted by molar-refractivity contribution is 6.05. The molecule has 3 aromatic rings. The molecule has 0 aromatic heterocycles. The van der Waals surface area contributed by atoms with Gasteiger partial charge in [0.25, 0.3) is 5.91 Å². The number of carbonyl (C=O) groups is 1. The van der Waals surface area contributed by atoms with E-state index in [1.807, 2.05) is 42.5 Å². The molecule has 0 atom stereocenters. The molecule has 26 heavy (non-hydrogen) atoms. The van der Waals surface area contributed by atoms with Crippen molar-refractivity contribution in [2.45, 2.75) is 6.42 Å². The molecule has 0 aliphatic carbocycles. The van der Waals surface area contributed by atoms with Crippen molar-refractivity contribution >= 4 is 11.6 Å². The zero-order valence-electron chi connectivity index (χ0n) is 14.6. The Balaban J connectivity index is 1.56. The maximum Gasteiger partial charge on any atom is 0.255 e. The highest BCUT2D eigenvalue weighted by atomic mass is 16.5. The molecule has 4 nitrogen and oxygen atoms in total. The molecule has 0 aliphatic heterocycles. The van der Waals surface area contributed by atoms with Crippen molar-refractivity contribution in [3.8, 4) is 11.5 Å². The van der Waals surface area contributed by atoms with Gasteiger partial charge in [-0.3, -0.25) is 4.79 Å². The first-order valence-corrected chi connectivity index (χ1v) is 8.47. The standard InChI is InChI=1S/C22H21NO3/c1-25-21-10-6-5-9-20(21)23-22(24)18-11-13-19(14-12-18)26-16-15-17-7-3-2-4-8-17/h2-14H,15-16H2,1H3,(H,23,24). The summed E-state index contributed by atoms with van der Waals surface area (Å²) < 4.78 is 11.0. The van der Waals surface area contributed by atoms with Crippen LogP contribution in [-0.2, 0) is 6.42 Å². The quantitative estimate of drug-likeness (QED) is 0.681. The SMILES string of the molecule is COc1ccccc1NC(=O)c1ccc(OCCc2ccccc2)cc1. The highest BCUT2D eigenvalue weighted by Gasteiger charge is 2.09. The van der Waals surface area contributed by atoms with Gasteiger partial charge in [0, 0.05) is 12.0 Å². The third-order valence-electron chi connectivity index (χ3n) is 3.97. The van der Waals surface area contributed by atoms with Crippen LogP contribution >= 0.6 is 0 Å². The van der Waals surface area contributed by atoms with Crippen LogP contribution in [0.1, 0.15) is 15.9 Å². The van der Waals surface area contributed by atoms with Gasteiger partial charge in [0.05, 0.1) is 19.4 Å². The molecule has 0 bridgehead atoms. The molecule has 0 heterocycles. The van der Waals surface area contributed by atoms with Gasteiger partial charge in [-0.05, 0) is 42.0 Å². The molecule has 0 radical (unpaired) electrons. The number of benzene rings is 3. The second-order valence-electron chi connectivity index (χ2n) is 5.76. The molecule has 3 rings (SSSR count). The second-order valence-corrected chi connectivity index (χ2v) is 5.76. The van der Waals surface area contributed by atoms with E-state index in [0.717, 1.165) is 12.2 Å². The molecule has 0 aliphatic rings. The zero-order valence-corrected chi connectivity index (χ0v) is 14.6. The van der Waals surface area contributed by atoms with Gasteiger partial charge in [0.2, 0.25) is 0 Å². The minimum atomic E-state index is -0.190. The van der Waals surface area contributed by atoms with E-state index in [-0.39, 0.29) is 5.91 Å². The van der Waals surface area contributed by atoms with Crippen LogP contribution in [0, 0.1) is 0 Å². The summed E-state index contributed by atoms with van der Waals surface area (Å²) in [5.74, 6) is 1.18. The average Bonchev–Trinajstić information content (AvgIpc) is 2.70. The zero-order chi connectivity index (χ0) is 18.2. The normalized spacial score (nSPS) is 10.2. The first-order chi connectivity index (χ1) is 12.8. The Kier molecular flexibility index (Phi) is 5.88. The van der Waals surface area contributed by atoms with Crippen molar-refractivity contribution in [2.24, 2.45) is 0 Å². The molecular weight excluding hydrogens is 326 g/mol. The summed E-state index contributed by atoms with van der Waals surface area (Å²) in [7, 11) is 1.58. The second kappa shape index (κ2) is 8.72. The van der Waals surface area contributed by atoms with Crippen LogP contribution in [0.25, 0.3) is 0 Å². The van der Waals surface area contributed by atoms with E-state index in [9.17, 15) is 4.79 Å². The lowest BCUT2D eigenvalue weighted by Gasteiger charge is -2.10. The summed E-state index contributed by atoms with van der Waals surface area (Å²) in [6.07, 6.45) is 0.844. The topological polar surface area (TPSA) is 47.6 Å². The van der Waals surface area contributed by atoms with Crippen molar-refractivity contribution in [3.63, 3.8) is 0 Å². The van der Waals surface area contributed by atoms with Gasteiger partial charge in [0.1, 0.15) is 11.5 Å². The molecule has 0 fully saturated rings. The van der Waals surface area contributed by atoms with Crippen LogP contribution in [-0.4, -0.2) is 19.6 Å². The fourth-order valence-electron chi connectivity index (χ4n) is 2.58. The van der Waals surface area contributed by atoms with Crippen LogP contribution in [0.4, 0.5) is 5.69 Å². The number of methoxy groups -OCH3 is 1. The molecule has 0 spiro atoms. The largest absolute Gasteiger partial charge is 0.495 e. The van der Waals surface area contributed by atoms with Gasteiger partial charge >= 0.3 is 0 Å². The molecule has 0 saturated carbocycles. The van der Waals surface area contributed by atoms with Gasteiger partial charge < -0.3 is 14.8 Å². The summed E-state index contributed by atoms with van der Waals surface area (Å²) in [5.41, 5.74) is 2.44. The van der Waals surface area contributed by atoms with Crippen LogP contribution in [0.5, 0.6) is 11.5 Å². The first-order valence-electron chi connectivity index (χ1n) is 8.47. The lowest BCUT2D eigenvalue weighted by Crippen LogP contribution is -2.12. The van der Waals surface area contributed by atoms with Gasteiger partial charge in [-0.15, -0.1) is 0 Å². The number of hydrogen-bond acceptors (Lipinski definition) is 3. The highest BCUT2D eigenvalue weighted by Crippen LogP contribution is 2.24. The number of carbonyl (C=O) groups excluding carboxylic acids is 1. The Morgan fingerprint density at radius 2 is 1.58 bits per heavy atom. The predicted molar refractivity (Wildman–Crippen MR) is 103 cm³/mol. The third-order valence-corrected chi connectivity index (χ3v) is 3.97. The summed E-state index contributed by atoms with van der Waals surface area (Å²) in [4.78, 5) is 12.4. The van der Waals surface area contributed by atoms with Crippen molar-refractivity contribution in [1.82, 2.24) is 0 Å². The fraction of sp³-hybridized carbons (Fsp3) is 0.136. The Labute approximate surface area is 153 Å². The van der Waals surface area contributed by atoms with Crippen LogP contribution in [0.2, 0.25) is 0 Å². The number of amides is 1. The monoisotopic (exact) mass is 347 g/mol. The predicted octanol–water partition coefficient (Wildman–Crippen LogP) is 4.57. The average molecular weight is 347 g/mol. The Hall–Kier alpha value is -3.27. The Bertz CT molecular complexity index is 845. The van der Waals surface area contributed by atoms with E-state index < -0.39 is 0 Å². The Morgan fingerprint density at radius 3 is 2.31 bits per heavy atom. The van der Waals surface area contributed by atoms with E-state index in [4.69, 9.17) is 9.47 Å². The minimum absolute atomic E-state index is 0.190. The molecule has 1 amide bonds. The van der Waals surface area contributed by atoms with Crippen molar-refractivity contribution < 1.29 is 14.3 Å². The molecule has 0 saturated heterocycles. The lowest BCUT2D eigenvalue weighted by atomic mass is 10.1. The number of para-hydroxylation sites is 2. The maximum absolute atomic E-state index is 12.4. The maximum atomic E-state index is 12.4. The summed E-state index contributed by atoms with van der Waals surface area (Å²) in [6.45, 7) is 0.594. The summed E-state index contributed by atoms with van der Waals surface area (Å²) >= 11 is 0. The number of nitrogens with one attached hydrogen (secondary N) is 1. The number of ether oxygens (including phenoxy) is 2. The van der Waals surface area contributed by atoms with Crippen molar-refractivity contribution in [3.05, 3.63) is 90.0 Å². The van der Waals surface area contributed by atoms with Gasteiger partial charge in [0.15, 0.2) is 0 Å². The number of hydrogen-bond donors (Lipinski definition) is 1. The molecular formula is C22H21NO3. The van der Waals surface area contributed by atoms with E-state index in [1.54, 1.807) is 31.4 Å². The minimum Gasteiger partial charge on any atom is -0.495 e. The molecule has 132 valence electrons. The van der Waals surface area contributed by atoms with Gasteiger partial charge in [-0.2, -0.15) is 0 Å². The van der Waals surface area contributed by atoms with Crippen LogP contribution in [0.15, 0.2) is 78.9 Å². The number of rotatable bonds is 7. The van der Waals surface area contributed by atoms with Gasteiger partial charge in [-0.25, -0.2) is 0 Å². The summed E-state index contributed by atoms with van der Waals surface area (Å²) in [5, 5.41) is 2.86. The molecule has 4 heteroatoms. The Morgan fingerprint density at radius 1 is 0.885 bits per heavy atom. The first kappa shape index (κ1) is 17.5. The van der Waals surface area contributed by atoms with E-state index in [0.29, 0.717) is 23.6 Å². The van der Waals surface area contributed by atoms with Crippen LogP contribution in [0.3, 0.4) is 0 Å². The smallest absolute Gasteiger partial charge is 0.255 e. The number of anilines is 1. The molecule has 0 unspecified atom stereocenters. The third kappa shape index (κ3) is 4.63. The summed E-state index contributed by atoms with van der Waals surface area (Å²) in [6, 6.07) is 24.6. The van der Waals surface area contributed by atoms with E-state index in [2.05, 4.69) is 17.4 Å². The molecule has 1 N–H and O–H groups in total.